The molecule has 4 nitrogen and oxygen atoms in total. The van der Waals surface area contributed by atoms with Crippen LogP contribution in [0.4, 0.5) is 0 Å². The lowest BCUT2D eigenvalue weighted by Gasteiger charge is -2.26. The molecule has 2 heterocycles. The van der Waals surface area contributed by atoms with Gasteiger partial charge >= 0.3 is 5.97 Å². The molecule has 0 aliphatic carbocycles. The van der Waals surface area contributed by atoms with Crippen molar-refractivity contribution in [2.45, 2.75) is 55.5 Å². The number of hydrogen-bond donors (Lipinski definition) is 1. The summed E-state index contributed by atoms with van der Waals surface area (Å²) in [5, 5.41) is 9.26. The van der Waals surface area contributed by atoms with Crippen LogP contribution in [-0.4, -0.2) is 32.5 Å². The number of ether oxygens (including phenoxy) is 1. The predicted octanol–water partition coefficient (Wildman–Crippen LogP) is 3.22. The summed E-state index contributed by atoms with van der Waals surface area (Å²) in [6.07, 6.45) is 2.48. The van der Waals surface area contributed by atoms with E-state index in [1.54, 1.807) is 24.0 Å². The zero-order valence-corrected chi connectivity index (χ0v) is 12.5. The maximum absolute atomic E-state index is 10.9. The molecule has 0 saturated carbocycles. The largest absolute Gasteiger partial charge is 0.477 e. The third-order valence-corrected chi connectivity index (χ3v) is 4.77. The van der Waals surface area contributed by atoms with E-state index >= 15 is 0 Å². The molecule has 0 spiro atoms. The van der Waals surface area contributed by atoms with Gasteiger partial charge in [-0.3, -0.25) is 0 Å². The van der Waals surface area contributed by atoms with Crippen LogP contribution in [0.15, 0.2) is 23.2 Å². The first-order valence-electron chi connectivity index (χ1n) is 6.26. The Hall–Kier alpha value is -1.07. The highest BCUT2D eigenvalue weighted by molar-refractivity contribution is 8.00. The number of thioether (sulfide) groups is 1. The first-order chi connectivity index (χ1) is 8.70. The minimum absolute atomic E-state index is 0.0842. The van der Waals surface area contributed by atoms with Crippen molar-refractivity contribution in [2.24, 2.45) is 0 Å². The van der Waals surface area contributed by atoms with Crippen molar-refractivity contribution in [3.63, 3.8) is 0 Å². The Balaban J connectivity index is 2.17. The van der Waals surface area contributed by atoms with Gasteiger partial charge < -0.3 is 9.84 Å². The summed E-state index contributed by atoms with van der Waals surface area (Å²) in [5.74, 6) is -0.996. The van der Waals surface area contributed by atoms with E-state index in [1.807, 2.05) is 6.07 Å². The van der Waals surface area contributed by atoms with E-state index in [2.05, 4.69) is 32.7 Å². The van der Waals surface area contributed by atoms with E-state index in [9.17, 15) is 4.79 Å². The number of carbonyl (C=O) groups is 1. The van der Waals surface area contributed by atoms with E-state index in [1.165, 1.54) is 0 Å². The fourth-order valence-electron chi connectivity index (χ4n) is 2.46. The Kier molecular flexibility index (Phi) is 3.62. The number of rotatable bonds is 3. The van der Waals surface area contributed by atoms with Crippen LogP contribution < -0.4 is 0 Å². The topological polar surface area (TPSA) is 59.4 Å². The molecule has 1 aromatic heterocycles. The average Bonchev–Trinajstić information content (AvgIpc) is 2.47. The van der Waals surface area contributed by atoms with Crippen molar-refractivity contribution in [1.29, 1.82) is 0 Å². The predicted molar refractivity (Wildman–Crippen MR) is 74.7 cm³/mol. The molecule has 1 N–H and O–H groups in total. The van der Waals surface area contributed by atoms with Crippen LogP contribution in [0.5, 0.6) is 0 Å². The maximum Gasteiger partial charge on any atom is 0.354 e. The van der Waals surface area contributed by atoms with Gasteiger partial charge in [0, 0.05) is 16.3 Å². The highest BCUT2D eigenvalue weighted by Crippen LogP contribution is 2.45. The molecule has 1 aromatic rings. The summed E-state index contributed by atoms with van der Waals surface area (Å²) in [7, 11) is 0. The first kappa shape index (κ1) is 14.3. The molecule has 0 bridgehead atoms. The molecule has 1 aliphatic heterocycles. The van der Waals surface area contributed by atoms with E-state index < -0.39 is 5.97 Å². The quantitative estimate of drug-likeness (QED) is 0.921. The molecule has 1 unspecified atom stereocenters. The van der Waals surface area contributed by atoms with Gasteiger partial charge in [-0.2, -0.15) is 0 Å². The summed E-state index contributed by atoms with van der Waals surface area (Å²) in [6.45, 7) is 8.34. The van der Waals surface area contributed by atoms with Crippen LogP contribution in [0.1, 0.15) is 44.6 Å². The second-order valence-corrected chi connectivity index (χ2v) is 7.23. The maximum atomic E-state index is 10.9. The van der Waals surface area contributed by atoms with Crippen LogP contribution >= 0.6 is 11.8 Å². The molecule has 2 rings (SSSR count). The lowest BCUT2D eigenvalue weighted by atomic mass is 10.0. The Morgan fingerprint density at radius 2 is 2.16 bits per heavy atom. The van der Waals surface area contributed by atoms with Crippen LogP contribution in [0, 0.1) is 0 Å². The van der Waals surface area contributed by atoms with Crippen molar-refractivity contribution < 1.29 is 14.6 Å². The van der Waals surface area contributed by atoms with Crippen LogP contribution in [0.3, 0.4) is 0 Å². The number of aromatic carboxylic acids is 1. The van der Waals surface area contributed by atoms with Gasteiger partial charge in [0.15, 0.2) is 0 Å². The van der Waals surface area contributed by atoms with Crippen molar-refractivity contribution >= 4 is 17.7 Å². The van der Waals surface area contributed by atoms with Gasteiger partial charge in [-0.15, -0.1) is 11.8 Å². The summed E-state index contributed by atoms with van der Waals surface area (Å²) < 4.78 is 6.05. The van der Waals surface area contributed by atoms with Gasteiger partial charge in [0.1, 0.15) is 5.69 Å². The molecule has 1 fully saturated rings. The zero-order valence-electron chi connectivity index (χ0n) is 11.6. The lowest BCUT2D eigenvalue weighted by molar-refractivity contribution is -0.0631. The molecule has 1 atom stereocenters. The van der Waals surface area contributed by atoms with Crippen LogP contribution in [0.25, 0.3) is 0 Å². The molecule has 1 saturated heterocycles. The standard InChI is InChI=1S/C14H19NO3S/c1-13(2)8-11(14(3,4)18-13)19-9-5-6-15-10(7-9)12(16)17/h5-7,11H,8H2,1-4H3,(H,16,17). The van der Waals surface area contributed by atoms with Crippen molar-refractivity contribution in [1.82, 2.24) is 4.98 Å². The smallest absolute Gasteiger partial charge is 0.354 e. The summed E-state index contributed by atoms with van der Waals surface area (Å²) in [4.78, 5) is 15.7. The molecule has 19 heavy (non-hydrogen) atoms. The van der Waals surface area contributed by atoms with E-state index in [4.69, 9.17) is 9.84 Å². The van der Waals surface area contributed by atoms with Gasteiger partial charge in [0.2, 0.25) is 0 Å². The van der Waals surface area contributed by atoms with Gasteiger partial charge in [-0.1, -0.05) is 0 Å². The summed E-state index contributed by atoms with van der Waals surface area (Å²) >= 11 is 1.66. The molecular formula is C14H19NO3S. The fourth-order valence-corrected chi connectivity index (χ4v) is 3.93. The molecular weight excluding hydrogens is 262 g/mol. The molecule has 104 valence electrons. The fraction of sp³-hybridized carbons (Fsp3) is 0.571. The third kappa shape index (κ3) is 3.28. The Bertz CT molecular complexity index is 499. The number of carboxylic acids is 1. The Labute approximate surface area is 117 Å². The minimum atomic E-state index is -0.996. The molecule has 0 radical (unpaired) electrons. The minimum Gasteiger partial charge on any atom is -0.477 e. The van der Waals surface area contributed by atoms with Crippen molar-refractivity contribution in [2.75, 3.05) is 0 Å². The van der Waals surface area contributed by atoms with Crippen molar-refractivity contribution in [3.05, 3.63) is 24.0 Å². The average molecular weight is 281 g/mol. The van der Waals surface area contributed by atoms with Crippen molar-refractivity contribution in [3.8, 4) is 0 Å². The van der Waals surface area contributed by atoms with Crippen LogP contribution in [-0.2, 0) is 4.74 Å². The Morgan fingerprint density at radius 3 is 2.68 bits per heavy atom. The monoisotopic (exact) mass is 281 g/mol. The number of nitrogens with zero attached hydrogens (tertiary/aromatic N) is 1. The summed E-state index contributed by atoms with van der Waals surface area (Å²) in [6, 6.07) is 3.47. The number of carboxylic acid groups (broad SMARTS) is 1. The van der Waals surface area contributed by atoms with Gasteiger partial charge in [0.05, 0.1) is 11.2 Å². The molecule has 0 aromatic carbocycles. The van der Waals surface area contributed by atoms with Gasteiger partial charge in [0.25, 0.3) is 0 Å². The second kappa shape index (κ2) is 4.80. The summed E-state index contributed by atoms with van der Waals surface area (Å²) in [5.41, 5.74) is -0.272. The van der Waals surface area contributed by atoms with Gasteiger partial charge in [-0.25, -0.2) is 9.78 Å². The van der Waals surface area contributed by atoms with Gasteiger partial charge in [-0.05, 0) is 46.2 Å². The Morgan fingerprint density at radius 1 is 1.47 bits per heavy atom. The van der Waals surface area contributed by atoms with E-state index in [-0.39, 0.29) is 16.9 Å². The number of hydrogen-bond acceptors (Lipinski definition) is 4. The molecule has 0 amide bonds. The van der Waals surface area contributed by atoms with E-state index in [0.29, 0.717) is 5.25 Å². The third-order valence-electron chi connectivity index (χ3n) is 3.22. The highest BCUT2D eigenvalue weighted by Gasteiger charge is 2.46. The lowest BCUT2D eigenvalue weighted by Crippen LogP contribution is -2.30. The molecule has 1 aliphatic rings. The van der Waals surface area contributed by atoms with E-state index in [0.717, 1.165) is 11.3 Å². The molecule has 5 heteroatoms. The van der Waals surface area contributed by atoms with Crippen LogP contribution in [0.2, 0.25) is 0 Å². The SMILES string of the molecule is CC1(C)CC(Sc2ccnc(C(=O)O)c2)C(C)(C)O1. The zero-order chi connectivity index (χ0) is 14.3. The first-order valence-corrected chi connectivity index (χ1v) is 7.14. The normalized spacial score (nSPS) is 24.3. The highest BCUT2D eigenvalue weighted by atomic mass is 32.2. The number of aromatic nitrogens is 1. The number of pyridine rings is 1. The second-order valence-electron chi connectivity index (χ2n) is 5.96.